The Hall–Kier alpha value is -1.78. The van der Waals surface area contributed by atoms with Gasteiger partial charge in [0.05, 0.1) is 17.3 Å². The van der Waals surface area contributed by atoms with Crippen LogP contribution in [0.3, 0.4) is 0 Å². The van der Waals surface area contributed by atoms with E-state index < -0.39 is 0 Å². The van der Waals surface area contributed by atoms with Gasteiger partial charge in [0.25, 0.3) is 0 Å². The SMILES string of the molecule is O=C(CNc1ccc(Cl)cc1Cl)NCCc1ccc(F)cc1. The van der Waals surface area contributed by atoms with Gasteiger partial charge < -0.3 is 10.6 Å². The van der Waals surface area contributed by atoms with Gasteiger partial charge in [-0.05, 0) is 42.3 Å². The molecule has 0 saturated carbocycles. The number of carbonyl (C=O) groups excluding carboxylic acids is 1. The smallest absolute Gasteiger partial charge is 0.239 e. The van der Waals surface area contributed by atoms with Gasteiger partial charge in [0.15, 0.2) is 0 Å². The lowest BCUT2D eigenvalue weighted by Crippen LogP contribution is -2.31. The average Bonchev–Trinajstić information content (AvgIpc) is 2.48. The molecule has 6 heteroatoms. The van der Waals surface area contributed by atoms with Crippen molar-refractivity contribution in [2.24, 2.45) is 0 Å². The summed E-state index contributed by atoms with van der Waals surface area (Å²) in [7, 11) is 0. The molecule has 0 aromatic heterocycles. The summed E-state index contributed by atoms with van der Waals surface area (Å²) >= 11 is 11.8. The molecule has 0 unspecified atom stereocenters. The van der Waals surface area contributed by atoms with Crippen molar-refractivity contribution in [3.63, 3.8) is 0 Å². The van der Waals surface area contributed by atoms with Gasteiger partial charge in [-0.3, -0.25) is 4.79 Å². The highest BCUT2D eigenvalue weighted by molar-refractivity contribution is 6.36. The number of hydrogen-bond acceptors (Lipinski definition) is 2. The zero-order chi connectivity index (χ0) is 15.9. The van der Waals surface area contributed by atoms with E-state index in [1.54, 1.807) is 30.3 Å². The number of benzene rings is 2. The molecule has 2 rings (SSSR count). The molecular formula is C16H15Cl2FN2O. The second-order valence-corrected chi connectivity index (χ2v) is 5.55. The number of carbonyl (C=O) groups is 1. The fourth-order valence-electron chi connectivity index (χ4n) is 1.87. The molecule has 0 aliphatic heterocycles. The lowest BCUT2D eigenvalue weighted by atomic mass is 10.1. The van der Waals surface area contributed by atoms with E-state index >= 15 is 0 Å². The summed E-state index contributed by atoms with van der Waals surface area (Å²) in [6.45, 7) is 0.602. The van der Waals surface area contributed by atoms with Crippen molar-refractivity contribution in [2.75, 3.05) is 18.4 Å². The molecular weight excluding hydrogens is 326 g/mol. The molecule has 2 aromatic carbocycles. The van der Waals surface area contributed by atoms with Gasteiger partial charge >= 0.3 is 0 Å². The highest BCUT2D eigenvalue weighted by atomic mass is 35.5. The first-order chi connectivity index (χ1) is 10.5. The number of amides is 1. The Morgan fingerprint density at radius 1 is 1.09 bits per heavy atom. The summed E-state index contributed by atoms with van der Waals surface area (Å²) in [6.07, 6.45) is 0.647. The van der Waals surface area contributed by atoms with E-state index in [9.17, 15) is 9.18 Å². The standard InChI is InChI=1S/C16H15Cl2FN2O/c17-12-3-6-15(14(18)9-12)21-10-16(22)20-8-7-11-1-4-13(19)5-2-11/h1-6,9,21H,7-8,10H2,(H,20,22). The van der Waals surface area contributed by atoms with Gasteiger partial charge in [0.1, 0.15) is 5.82 Å². The van der Waals surface area contributed by atoms with Crippen molar-refractivity contribution in [3.05, 3.63) is 63.9 Å². The van der Waals surface area contributed by atoms with Gasteiger partial charge in [-0.1, -0.05) is 35.3 Å². The minimum absolute atomic E-state index is 0.116. The van der Waals surface area contributed by atoms with Gasteiger partial charge in [0.2, 0.25) is 5.91 Å². The van der Waals surface area contributed by atoms with Crippen molar-refractivity contribution < 1.29 is 9.18 Å². The topological polar surface area (TPSA) is 41.1 Å². The zero-order valence-corrected chi connectivity index (χ0v) is 13.2. The van der Waals surface area contributed by atoms with Crippen LogP contribution in [0.5, 0.6) is 0 Å². The molecule has 0 aliphatic rings. The molecule has 2 aromatic rings. The normalized spacial score (nSPS) is 10.3. The summed E-state index contributed by atoms with van der Waals surface area (Å²) in [6, 6.07) is 11.2. The molecule has 0 bridgehead atoms. The second-order valence-electron chi connectivity index (χ2n) is 4.70. The van der Waals surface area contributed by atoms with Crippen LogP contribution in [0.25, 0.3) is 0 Å². The molecule has 1 amide bonds. The summed E-state index contributed by atoms with van der Waals surface area (Å²) < 4.78 is 12.8. The maximum absolute atomic E-state index is 12.8. The van der Waals surface area contributed by atoms with Crippen LogP contribution in [0, 0.1) is 5.82 Å². The molecule has 3 nitrogen and oxygen atoms in total. The predicted molar refractivity (Wildman–Crippen MR) is 88.1 cm³/mol. The number of halogens is 3. The lowest BCUT2D eigenvalue weighted by Gasteiger charge is -2.09. The van der Waals surface area contributed by atoms with Crippen molar-refractivity contribution >= 4 is 34.8 Å². The number of nitrogens with one attached hydrogen (secondary N) is 2. The Balaban J connectivity index is 1.72. The van der Waals surface area contributed by atoms with Crippen molar-refractivity contribution in [1.29, 1.82) is 0 Å². The van der Waals surface area contributed by atoms with Crippen LogP contribution in [0.1, 0.15) is 5.56 Å². The molecule has 2 N–H and O–H groups in total. The Bertz CT molecular complexity index is 647. The molecule has 0 radical (unpaired) electrons. The molecule has 0 heterocycles. The first kappa shape index (κ1) is 16.6. The third-order valence-corrected chi connectivity index (χ3v) is 3.57. The molecule has 0 fully saturated rings. The minimum Gasteiger partial charge on any atom is -0.375 e. The molecule has 0 saturated heterocycles. The van der Waals surface area contributed by atoms with E-state index in [2.05, 4.69) is 10.6 Å². The van der Waals surface area contributed by atoms with Crippen LogP contribution in [-0.4, -0.2) is 19.0 Å². The summed E-state index contributed by atoms with van der Waals surface area (Å²) in [5, 5.41) is 6.73. The monoisotopic (exact) mass is 340 g/mol. The van der Waals surface area contributed by atoms with Crippen molar-refractivity contribution in [3.8, 4) is 0 Å². The molecule has 0 atom stereocenters. The summed E-state index contributed by atoms with van der Waals surface area (Å²) in [5.74, 6) is -0.412. The van der Waals surface area contributed by atoms with Crippen LogP contribution < -0.4 is 10.6 Å². The predicted octanol–water partition coefficient (Wildman–Crippen LogP) is 3.90. The number of anilines is 1. The van der Waals surface area contributed by atoms with Crippen LogP contribution in [0.4, 0.5) is 10.1 Å². The van der Waals surface area contributed by atoms with E-state index in [0.717, 1.165) is 5.56 Å². The Morgan fingerprint density at radius 2 is 1.82 bits per heavy atom. The van der Waals surface area contributed by atoms with E-state index in [-0.39, 0.29) is 18.3 Å². The Labute approximate surface area is 138 Å². The highest BCUT2D eigenvalue weighted by Crippen LogP contribution is 2.24. The van der Waals surface area contributed by atoms with Gasteiger partial charge in [-0.2, -0.15) is 0 Å². The Kier molecular flexibility index (Phi) is 6.04. The fourth-order valence-corrected chi connectivity index (χ4v) is 2.34. The maximum Gasteiger partial charge on any atom is 0.239 e. The molecule has 0 spiro atoms. The quantitative estimate of drug-likeness (QED) is 0.837. The van der Waals surface area contributed by atoms with Crippen molar-refractivity contribution in [1.82, 2.24) is 5.32 Å². The largest absolute Gasteiger partial charge is 0.375 e. The van der Waals surface area contributed by atoms with E-state index in [4.69, 9.17) is 23.2 Å². The summed E-state index contributed by atoms with van der Waals surface area (Å²) in [5.41, 5.74) is 1.62. The minimum atomic E-state index is -0.267. The molecule has 0 aliphatic carbocycles. The highest BCUT2D eigenvalue weighted by Gasteiger charge is 2.04. The second kappa shape index (κ2) is 8.01. The molecule has 116 valence electrons. The lowest BCUT2D eigenvalue weighted by molar-refractivity contribution is -0.119. The van der Waals surface area contributed by atoms with Gasteiger partial charge in [0, 0.05) is 11.6 Å². The fraction of sp³-hybridized carbons (Fsp3) is 0.188. The first-order valence-corrected chi connectivity index (χ1v) is 7.50. The van der Waals surface area contributed by atoms with Crippen LogP contribution in [-0.2, 0) is 11.2 Å². The van der Waals surface area contributed by atoms with Crippen LogP contribution in [0.2, 0.25) is 10.0 Å². The average molecular weight is 341 g/mol. The van der Waals surface area contributed by atoms with Crippen LogP contribution in [0.15, 0.2) is 42.5 Å². The maximum atomic E-state index is 12.8. The van der Waals surface area contributed by atoms with Gasteiger partial charge in [-0.15, -0.1) is 0 Å². The Morgan fingerprint density at radius 3 is 2.50 bits per heavy atom. The first-order valence-electron chi connectivity index (χ1n) is 6.74. The zero-order valence-electron chi connectivity index (χ0n) is 11.7. The van der Waals surface area contributed by atoms with E-state index in [0.29, 0.717) is 28.7 Å². The number of hydrogen-bond donors (Lipinski definition) is 2. The number of rotatable bonds is 6. The third-order valence-electron chi connectivity index (χ3n) is 3.02. The molecule has 22 heavy (non-hydrogen) atoms. The summed E-state index contributed by atoms with van der Waals surface area (Å²) in [4.78, 5) is 11.7. The third kappa shape index (κ3) is 5.20. The van der Waals surface area contributed by atoms with Gasteiger partial charge in [-0.25, -0.2) is 4.39 Å². The van der Waals surface area contributed by atoms with Crippen LogP contribution >= 0.6 is 23.2 Å². The van der Waals surface area contributed by atoms with Crippen molar-refractivity contribution in [2.45, 2.75) is 6.42 Å². The van der Waals surface area contributed by atoms with E-state index in [1.807, 2.05) is 0 Å². The van der Waals surface area contributed by atoms with E-state index in [1.165, 1.54) is 12.1 Å².